The summed E-state index contributed by atoms with van der Waals surface area (Å²) in [5, 5.41) is 0. The van der Waals surface area contributed by atoms with E-state index < -0.39 is 47.3 Å². The number of benzene rings is 1. The molecule has 0 fully saturated rings. The van der Waals surface area contributed by atoms with Crippen LogP contribution >= 0.6 is 0 Å². The quantitative estimate of drug-likeness (QED) is 0.372. The molecule has 0 bridgehead atoms. The first-order valence-corrected chi connectivity index (χ1v) is 9.09. The molecule has 168 valence electrons. The molecule has 0 N–H and O–H groups in total. The van der Waals surface area contributed by atoms with Gasteiger partial charge in [-0.05, 0) is 29.8 Å². The standard InChI is InChI=1S/C21H15F6N3O2/c1-32-19-29-10-13(11-30-19)17(31)9-15(12-4-6-14(7-5-12)20(22,23)24)18-16(21(25,26)27)3-2-8-28-18/h2-8,10-11,15H,9H2,1H3/t15-/m0/s1. The first-order valence-electron chi connectivity index (χ1n) is 9.09. The monoisotopic (exact) mass is 455 g/mol. The molecule has 1 aromatic carbocycles. The summed E-state index contributed by atoms with van der Waals surface area (Å²) in [7, 11) is 1.32. The van der Waals surface area contributed by atoms with Gasteiger partial charge in [-0.15, -0.1) is 0 Å². The third-order valence-electron chi connectivity index (χ3n) is 4.64. The Morgan fingerprint density at radius 3 is 2.09 bits per heavy atom. The summed E-state index contributed by atoms with van der Waals surface area (Å²) in [4.78, 5) is 24.2. The number of aromatic nitrogens is 3. The Hall–Kier alpha value is -3.50. The SMILES string of the molecule is COc1ncc(C(=O)C[C@@H](c2ccc(C(F)(F)F)cc2)c2ncccc2C(F)(F)F)cn1. The molecular weight excluding hydrogens is 440 g/mol. The van der Waals surface area contributed by atoms with Crippen molar-refractivity contribution in [1.82, 2.24) is 15.0 Å². The van der Waals surface area contributed by atoms with Gasteiger partial charge in [0, 0.05) is 30.9 Å². The molecule has 5 nitrogen and oxygen atoms in total. The number of alkyl halides is 6. The Balaban J connectivity index is 2.05. The van der Waals surface area contributed by atoms with Crippen molar-refractivity contribution in [3.8, 4) is 6.01 Å². The summed E-state index contributed by atoms with van der Waals surface area (Å²) >= 11 is 0. The van der Waals surface area contributed by atoms with E-state index in [2.05, 4.69) is 15.0 Å². The van der Waals surface area contributed by atoms with Gasteiger partial charge in [0.2, 0.25) is 0 Å². The second-order valence-electron chi connectivity index (χ2n) is 6.69. The Morgan fingerprint density at radius 2 is 1.56 bits per heavy atom. The highest BCUT2D eigenvalue weighted by atomic mass is 19.4. The smallest absolute Gasteiger partial charge is 0.418 e. The van der Waals surface area contributed by atoms with Crippen molar-refractivity contribution in [3.63, 3.8) is 0 Å². The predicted molar refractivity (Wildman–Crippen MR) is 100 cm³/mol. The average Bonchev–Trinajstić information content (AvgIpc) is 2.76. The second-order valence-corrected chi connectivity index (χ2v) is 6.69. The third kappa shape index (κ3) is 5.21. The van der Waals surface area contributed by atoms with E-state index >= 15 is 0 Å². The average molecular weight is 455 g/mol. The molecule has 2 heterocycles. The van der Waals surface area contributed by atoms with Crippen molar-refractivity contribution in [2.24, 2.45) is 0 Å². The Labute approximate surface area is 178 Å². The van der Waals surface area contributed by atoms with E-state index in [1.54, 1.807) is 0 Å². The maximum absolute atomic E-state index is 13.6. The fraction of sp³-hybridized carbons (Fsp3) is 0.238. The van der Waals surface area contributed by atoms with E-state index in [-0.39, 0.29) is 17.1 Å². The van der Waals surface area contributed by atoms with Crippen LogP contribution in [-0.2, 0) is 12.4 Å². The van der Waals surface area contributed by atoms with Crippen molar-refractivity contribution in [2.75, 3.05) is 7.11 Å². The van der Waals surface area contributed by atoms with Crippen molar-refractivity contribution < 1.29 is 35.9 Å². The normalized spacial score (nSPS) is 13.0. The van der Waals surface area contributed by atoms with Crippen LogP contribution in [0.25, 0.3) is 0 Å². The van der Waals surface area contributed by atoms with Crippen molar-refractivity contribution in [1.29, 1.82) is 0 Å². The van der Waals surface area contributed by atoms with E-state index in [1.807, 2.05) is 0 Å². The molecule has 2 aromatic heterocycles. The van der Waals surface area contributed by atoms with Gasteiger partial charge in [0.05, 0.1) is 29.5 Å². The number of carbonyl (C=O) groups is 1. The van der Waals surface area contributed by atoms with Crippen molar-refractivity contribution in [2.45, 2.75) is 24.7 Å². The van der Waals surface area contributed by atoms with Crippen LogP contribution in [0.3, 0.4) is 0 Å². The zero-order valence-corrected chi connectivity index (χ0v) is 16.4. The number of methoxy groups -OCH3 is 1. The summed E-state index contributed by atoms with van der Waals surface area (Å²) in [6, 6.07) is 5.47. The van der Waals surface area contributed by atoms with Crippen LogP contribution in [0.4, 0.5) is 26.3 Å². The van der Waals surface area contributed by atoms with Gasteiger partial charge in [-0.2, -0.15) is 26.3 Å². The third-order valence-corrected chi connectivity index (χ3v) is 4.64. The number of nitrogens with zero attached hydrogens (tertiary/aromatic N) is 3. The number of halogens is 6. The molecule has 0 aliphatic carbocycles. The van der Waals surface area contributed by atoms with E-state index in [4.69, 9.17) is 4.74 Å². The van der Waals surface area contributed by atoms with Gasteiger partial charge >= 0.3 is 18.4 Å². The molecule has 0 radical (unpaired) electrons. The fourth-order valence-corrected chi connectivity index (χ4v) is 3.08. The van der Waals surface area contributed by atoms with Crippen LogP contribution < -0.4 is 4.74 Å². The first kappa shape index (κ1) is 23.2. The molecule has 11 heteroatoms. The minimum Gasteiger partial charge on any atom is -0.467 e. The molecule has 32 heavy (non-hydrogen) atoms. The number of ether oxygens (including phenoxy) is 1. The molecule has 0 saturated carbocycles. The molecule has 0 aliphatic heterocycles. The molecule has 0 saturated heterocycles. The molecule has 3 rings (SSSR count). The molecule has 3 aromatic rings. The number of rotatable bonds is 6. The highest BCUT2D eigenvalue weighted by Crippen LogP contribution is 2.39. The van der Waals surface area contributed by atoms with E-state index in [0.717, 1.165) is 55.0 Å². The van der Waals surface area contributed by atoms with Crippen LogP contribution in [0.1, 0.15) is 45.1 Å². The maximum atomic E-state index is 13.6. The van der Waals surface area contributed by atoms with Crippen LogP contribution in [0.5, 0.6) is 6.01 Å². The molecule has 0 spiro atoms. The number of Topliss-reactive ketones (excluding diaryl/α,β-unsaturated/α-hetero) is 1. The van der Waals surface area contributed by atoms with Gasteiger partial charge in [0.15, 0.2) is 5.78 Å². The van der Waals surface area contributed by atoms with E-state index in [0.29, 0.717) is 0 Å². The summed E-state index contributed by atoms with van der Waals surface area (Å²) in [5.41, 5.74) is -2.43. The van der Waals surface area contributed by atoms with Crippen LogP contribution in [0, 0.1) is 0 Å². The van der Waals surface area contributed by atoms with E-state index in [1.165, 1.54) is 7.11 Å². The predicted octanol–water partition coefficient (Wildman–Crippen LogP) is 5.32. The highest BCUT2D eigenvalue weighted by molar-refractivity contribution is 5.96. The number of carbonyl (C=O) groups excluding carboxylic acids is 1. The van der Waals surface area contributed by atoms with Gasteiger partial charge in [-0.25, -0.2) is 9.97 Å². The van der Waals surface area contributed by atoms with E-state index in [9.17, 15) is 31.1 Å². The Bertz CT molecular complexity index is 1080. The zero-order chi connectivity index (χ0) is 23.5. The van der Waals surface area contributed by atoms with Gasteiger partial charge in [-0.3, -0.25) is 9.78 Å². The topological polar surface area (TPSA) is 65.0 Å². The van der Waals surface area contributed by atoms with Crippen molar-refractivity contribution >= 4 is 5.78 Å². The molecule has 0 unspecified atom stereocenters. The second kappa shape index (κ2) is 8.93. The minimum absolute atomic E-state index is 0.00667. The molecule has 1 atom stereocenters. The minimum atomic E-state index is -4.78. The van der Waals surface area contributed by atoms with Gasteiger partial charge in [0.25, 0.3) is 0 Å². The van der Waals surface area contributed by atoms with Gasteiger partial charge < -0.3 is 4.74 Å². The lowest BCUT2D eigenvalue weighted by molar-refractivity contribution is -0.139. The summed E-state index contributed by atoms with van der Waals surface area (Å²) in [6.07, 6.45) is -6.46. The maximum Gasteiger partial charge on any atom is 0.418 e. The van der Waals surface area contributed by atoms with Crippen molar-refractivity contribution in [3.05, 3.63) is 82.9 Å². The largest absolute Gasteiger partial charge is 0.467 e. The number of hydrogen-bond donors (Lipinski definition) is 0. The first-order chi connectivity index (χ1) is 15.0. The molecule has 0 amide bonds. The zero-order valence-electron chi connectivity index (χ0n) is 16.4. The lowest BCUT2D eigenvalue weighted by Gasteiger charge is -2.21. The van der Waals surface area contributed by atoms with Gasteiger partial charge in [0.1, 0.15) is 0 Å². The lowest BCUT2D eigenvalue weighted by atomic mass is 9.86. The van der Waals surface area contributed by atoms with Crippen LogP contribution in [-0.4, -0.2) is 27.8 Å². The van der Waals surface area contributed by atoms with Gasteiger partial charge in [-0.1, -0.05) is 12.1 Å². The number of hydrogen-bond acceptors (Lipinski definition) is 5. The fourth-order valence-electron chi connectivity index (χ4n) is 3.08. The Morgan fingerprint density at radius 1 is 0.938 bits per heavy atom. The molecule has 0 aliphatic rings. The summed E-state index contributed by atoms with van der Waals surface area (Å²) in [6.45, 7) is 0. The van der Waals surface area contributed by atoms with Crippen LogP contribution in [0.15, 0.2) is 55.0 Å². The number of pyridine rings is 1. The highest BCUT2D eigenvalue weighted by Gasteiger charge is 2.37. The Kier molecular flexibility index (Phi) is 6.47. The number of ketones is 1. The van der Waals surface area contributed by atoms with Crippen LogP contribution in [0.2, 0.25) is 0 Å². The lowest BCUT2D eigenvalue weighted by Crippen LogP contribution is -2.17. The summed E-state index contributed by atoms with van der Waals surface area (Å²) < 4.78 is 84.3. The molecular formula is C21H15F6N3O2. The summed E-state index contributed by atoms with van der Waals surface area (Å²) in [5.74, 6) is -1.87.